The van der Waals surface area contributed by atoms with Gasteiger partial charge in [0.15, 0.2) is 0 Å². The Labute approximate surface area is 124 Å². The molecule has 5 nitrogen and oxygen atoms in total. The van der Waals surface area contributed by atoms with Crippen LogP contribution in [0.1, 0.15) is 31.1 Å². The van der Waals surface area contributed by atoms with E-state index in [1.54, 1.807) is 12.1 Å². The summed E-state index contributed by atoms with van der Waals surface area (Å²) in [6, 6.07) is 8.69. The first-order valence-electron chi connectivity index (χ1n) is 7.05. The maximum absolute atomic E-state index is 11.0. The van der Waals surface area contributed by atoms with Crippen LogP contribution in [0.3, 0.4) is 0 Å². The average molecular weight is 288 g/mol. The van der Waals surface area contributed by atoms with Gasteiger partial charge in [-0.2, -0.15) is 0 Å². The van der Waals surface area contributed by atoms with Gasteiger partial charge in [0.05, 0.1) is 11.0 Å². The van der Waals surface area contributed by atoms with Gasteiger partial charge in [0.2, 0.25) is 0 Å². The number of benzene rings is 1. The predicted octanol–water partition coefficient (Wildman–Crippen LogP) is 3.33. The second kappa shape index (κ2) is 6.54. The number of aromatic nitrogens is 1. The van der Waals surface area contributed by atoms with Gasteiger partial charge in [-0.1, -0.05) is 32.0 Å². The van der Waals surface area contributed by atoms with Crippen LogP contribution in [0.2, 0.25) is 0 Å². The number of aliphatic hydroxyl groups is 1. The molecule has 0 radical (unpaired) electrons. The summed E-state index contributed by atoms with van der Waals surface area (Å²) in [7, 11) is 0. The zero-order chi connectivity index (χ0) is 15.4. The number of para-hydroxylation sites is 1. The summed E-state index contributed by atoms with van der Waals surface area (Å²) in [6.07, 6.45) is 3.91. The molecule has 112 valence electrons. The lowest BCUT2D eigenvalue weighted by Gasteiger charge is -2.12. The third-order valence-corrected chi connectivity index (χ3v) is 3.57. The van der Waals surface area contributed by atoms with Gasteiger partial charge in [-0.3, -0.25) is 10.1 Å². The number of rotatable bonds is 6. The van der Waals surface area contributed by atoms with E-state index in [9.17, 15) is 15.2 Å². The first-order chi connectivity index (χ1) is 9.99. The van der Waals surface area contributed by atoms with Crippen molar-refractivity contribution in [2.24, 2.45) is 5.92 Å². The van der Waals surface area contributed by atoms with Gasteiger partial charge >= 0.3 is 0 Å². The Morgan fingerprint density at radius 2 is 2.00 bits per heavy atom. The molecule has 0 aliphatic heterocycles. The van der Waals surface area contributed by atoms with Crippen LogP contribution < -0.4 is 0 Å². The molecule has 1 N–H and O–H groups in total. The molecule has 1 aromatic carbocycles. The Morgan fingerprint density at radius 3 is 2.67 bits per heavy atom. The van der Waals surface area contributed by atoms with E-state index >= 15 is 0 Å². The Morgan fingerprint density at radius 1 is 1.29 bits per heavy atom. The van der Waals surface area contributed by atoms with E-state index in [0.29, 0.717) is 13.0 Å². The van der Waals surface area contributed by atoms with Crippen LogP contribution in [-0.4, -0.2) is 14.6 Å². The van der Waals surface area contributed by atoms with Crippen LogP contribution in [0.4, 0.5) is 5.69 Å². The zero-order valence-corrected chi connectivity index (χ0v) is 12.3. The fraction of sp³-hybridized carbons (Fsp3) is 0.375. The fourth-order valence-corrected chi connectivity index (χ4v) is 2.31. The van der Waals surface area contributed by atoms with Gasteiger partial charge in [0.1, 0.15) is 0 Å². The maximum atomic E-state index is 11.0. The number of nitro groups is 1. The van der Waals surface area contributed by atoms with E-state index in [-0.39, 0.29) is 16.5 Å². The molecule has 0 aliphatic carbocycles. The molecule has 2 aromatic rings. The minimum Gasteiger partial charge on any atom is -0.388 e. The van der Waals surface area contributed by atoms with Crippen molar-refractivity contribution in [1.29, 1.82) is 0 Å². The number of aliphatic hydroxyl groups excluding tert-OH is 1. The molecule has 0 saturated heterocycles. The van der Waals surface area contributed by atoms with Crippen molar-refractivity contribution in [2.45, 2.75) is 32.9 Å². The summed E-state index contributed by atoms with van der Waals surface area (Å²) in [4.78, 5) is 10.6. The Kier molecular flexibility index (Phi) is 4.75. The standard InChI is InChI=1S/C16H20N2O3/c1-12(2)16(19)14-8-10-17(11-14)9-7-13-5-3-4-6-15(13)18(20)21/h3-6,8,10-12,16,19H,7,9H2,1-2H3. The monoisotopic (exact) mass is 288 g/mol. The van der Waals surface area contributed by atoms with Crippen LogP contribution in [0.25, 0.3) is 0 Å². The summed E-state index contributed by atoms with van der Waals surface area (Å²) in [6.45, 7) is 4.58. The Balaban J connectivity index is 2.06. The van der Waals surface area contributed by atoms with Gasteiger partial charge in [-0.05, 0) is 24.0 Å². The van der Waals surface area contributed by atoms with Crippen molar-refractivity contribution in [3.8, 4) is 0 Å². The topological polar surface area (TPSA) is 68.3 Å². The second-order valence-corrected chi connectivity index (χ2v) is 5.51. The smallest absolute Gasteiger partial charge is 0.272 e. The largest absolute Gasteiger partial charge is 0.388 e. The summed E-state index contributed by atoms with van der Waals surface area (Å²) in [5.41, 5.74) is 1.77. The third-order valence-electron chi connectivity index (χ3n) is 3.57. The molecule has 21 heavy (non-hydrogen) atoms. The molecule has 0 saturated carbocycles. The number of hydrogen-bond donors (Lipinski definition) is 1. The summed E-state index contributed by atoms with van der Waals surface area (Å²) >= 11 is 0. The molecular formula is C16H20N2O3. The molecule has 0 aliphatic rings. The SMILES string of the molecule is CC(C)C(O)c1ccn(CCc2ccccc2[N+](=O)[O-])c1. The summed E-state index contributed by atoms with van der Waals surface area (Å²) < 4.78 is 1.96. The van der Waals surface area contributed by atoms with Gasteiger partial charge in [0, 0.05) is 30.6 Å². The van der Waals surface area contributed by atoms with Crippen LogP contribution in [0.5, 0.6) is 0 Å². The minimum absolute atomic E-state index is 0.159. The van der Waals surface area contributed by atoms with Crippen LogP contribution in [0.15, 0.2) is 42.7 Å². The van der Waals surface area contributed by atoms with Gasteiger partial charge in [-0.15, -0.1) is 0 Å². The first kappa shape index (κ1) is 15.3. The lowest BCUT2D eigenvalue weighted by Crippen LogP contribution is -2.05. The average Bonchev–Trinajstić information content (AvgIpc) is 2.93. The molecule has 5 heteroatoms. The van der Waals surface area contributed by atoms with Crippen LogP contribution in [0, 0.1) is 16.0 Å². The molecule has 0 amide bonds. The highest BCUT2D eigenvalue weighted by atomic mass is 16.6. The lowest BCUT2D eigenvalue weighted by molar-refractivity contribution is -0.385. The zero-order valence-electron chi connectivity index (χ0n) is 12.3. The van der Waals surface area contributed by atoms with Crippen molar-refractivity contribution < 1.29 is 10.0 Å². The maximum Gasteiger partial charge on any atom is 0.272 e. The summed E-state index contributed by atoms with van der Waals surface area (Å²) in [5, 5.41) is 21.0. The Bertz CT molecular complexity index is 619. The molecule has 0 spiro atoms. The number of nitrogens with zero attached hydrogens (tertiary/aromatic N) is 2. The number of aryl methyl sites for hydroxylation is 2. The fourth-order valence-electron chi connectivity index (χ4n) is 2.31. The summed E-state index contributed by atoms with van der Waals surface area (Å²) in [5.74, 6) is 0.163. The molecule has 1 atom stereocenters. The van der Waals surface area contributed by atoms with Crippen molar-refractivity contribution >= 4 is 5.69 Å². The molecule has 0 fully saturated rings. The third kappa shape index (κ3) is 3.70. The number of nitro benzene ring substituents is 1. The van der Waals surface area contributed by atoms with E-state index in [2.05, 4.69) is 0 Å². The molecule has 2 rings (SSSR count). The molecule has 1 aromatic heterocycles. The minimum atomic E-state index is -0.475. The number of hydrogen-bond acceptors (Lipinski definition) is 3. The van der Waals surface area contributed by atoms with E-state index in [1.165, 1.54) is 6.07 Å². The van der Waals surface area contributed by atoms with Crippen LogP contribution >= 0.6 is 0 Å². The van der Waals surface area contributed by atoms with E-state index < -0.39 is 6.10 Å². The van der Waals surface area contributed by atoms with E-state index in [4.69, 9.17) is 0 Å². The van der Waals surface area contributed by atoms with E-state index in [0.717, 1.165) is 11.1 Å². The second-order valence-electron chi connectivity index (χ2n) is 5.51. The van der Waals surface area contributed by atoms with Crippen molar-refractivity contribution in [3.63, 3.8) is 0 Å². The van der Waals surface area contributed by atoms with Gasteiger partial charge in [0.25, 0.3) is 5.69 Å². The molecule has 1 unspecified atom stereocenters. The van der Waals surface area contributed by atoms with Gasteiger partial charge < -0.3 is 9.67 Å². The highest BCUT2D eigenvalue weighted by molar-refractivity contribution is 5.39. The molecular weight excluding hydrogens is 268 g/mol. The normalized spacial score (nSPS) is 12.6. The lowest BCUT2D eigenvalue weighted by atomic mass is 10.0. The van der Waals surface area contributed by atoms with Crippen molar-refractivity contribution in [1.82, 2.24) is 4.57 Å². The quantitative estimate of drug-likeness (QED) is 0.655. The van der Waals surface area contributed by atoms with Crippen molar-refractivity contribution in [2.75, 3.05) is 0 Å². The Hall–Kier alpha value is -2.14. The van der Waals surface area contributed by atoms with Gasteiger partial charge in [-0.25, -0.2) is 0 Å². The predicted molar refractivity (Wildman–Crippen MR) is 81.0 cm³/mol. The van der Waals surface area contributed by atoms with Crippen LogP contribution in [-0.2, 0) is 13.0 Å². The first-order valence-corrected chi connectivity index (χ1v) is 7.05. The van der Waals surface area contributed by atoms with E-state index in [1.807, 2.05) is 42.9 Å². The van der Waals surface area contributed by atoms with Crippen molar-refractivity contribution in [3.05, 3.63) is 64.0 Å². The highest BCUT2D eigenvalue weighted by Gasteiger charge is 2.14. The highest BCUT2D eigenvalue weighted by Crippen LogP contribution is 2.22. The molecule has 0 bridgehead atoms. The molecule has 1 heterocycles.